The summed E-state index contributed by atoms with van der Waals surface area (Å²) < 4.78 is 30.5. The Morgan fingerprint density at radius 2 is 2.07 bits per heavy atom. The second-order valence-corrected chi connectivity index (χ2v) is 9.88. The summed E-state index contributed by atoms with van der Waals surface area (Å²) in [6.07, 6.45) is 4.46. The Morgan fingerprint density at radius 3 is 2.74 bits per heavy atom. The third-order valence-electron chi connectivity index (χ3n) is 5.21. The molecule has 0 unspecified atom stereocenters. The molecule has 0 N–H and O–H groups in total. The molecular formula is C19H23N3O3S2. The molecule has 2 aromatic rings. The van der Waals surface area contributed by atoms with Crippen LogP contribution in [-0.4, -0.2) is 47.7 Å². The lowest BCUT2D eigenvalue weighted by Crippen LogP contribution is -2.31. The summed E-state index contributed by atoms with van der Waals surface area (Å²) in [4.78, 5) is 2.62. The number of nitrogens with zero attached hydrogens (tertiary/aromatic N) is 3. The molecule has 1 saturated heterocycles. The molecule has 0 spiro atoms. The van der Waals surface area contributed by atoms with Gasteiger partial charge in [-0.25, -0.2) is 13.1 Å². The van der Waals surface area contributed by atoms with Crippen molar-refractivity contribution < 1.29 is 12.8 Å². The quantitative estimate of drug-likeness (QED) is 0.713. The number of aromatic nitrogens is 2. The Balaban J connectivity index is 1.37. The van der Waals surface area contributed by atoms with Crippen molar-refractivity contribution >= 4 is 27.6 Å². The van der Waals surface area contributed by atoms with Crippen LogP contribution in [0, 0.1) is 10.8 Å². The highest BCUT2D eigenvalue weighted by Crippen LogP contribution is 2.23. The molecular weight excluding hydrogens is 382 g/mol. The van der Waals surface area contributed by atoms with Gasteiger partial charge in [0.15, 0.2) is 9.84 Å². The summed E-state index contributed by atoms with van der Waals surface area (Å²) in [5.41, 5.74) is 2.66. The van der Waals surface area contributed by atoms with Crippen LogP contribution in [0.5, 0.6) is 0 Å². The second-order valence-electron chi connectivity index (χ2n) is 7.30. The summed E-state index contributed by atoms with van der Waals surface area (Å²) in [7, 11) is -2.89. The summed E-state index contributed by atoms with van der Waals surface area (Å²) in [6.45, 7) is 2.37. The molecule has 1 aromatic carbocycles. The van der Waals surface area contributed by atoms with Gasteiger partial charge in [0.25, 0.3) is 4.84 Å². The van der Waals surface area contributed by atoms with E-state index >= 15 is 0 Å². The number of hydrogen-bond acceptors (Lipinski definition) is 6. The molecule has 1 atom stereocenters. The maximum absolute atomic E-state index is 11.6. The van der Waals surface area contributed by atoms with E-state index in [0.29, 0.717) is 30.2 Å². The van der Waals surface area contributed by atoms with Gasteiger partial charge in [0.2, 0.25) is 5.89 Å². The number of rotatable bonds is 5. The molecule has 4 rings (SSSR count). The first-order chi connectivity index (χ1) is 13.0. The number of benzene rings is 1. The fourth-order valence-electron chi connectivity index (χ4n) is 3.74. The van der Waals surface area contributed by atoms with Gasteiger partial charge in [-0.2, -0.15) is 0 Å². The van der Waals surface area contributed by atoms with Crippen molar-refractivity contribution in [1.82, 2.24) is 14.7 Å². The normalized spacial score (nSPS) is 22.7. The Bertz CT molecular complexity index is 993. The van der Waals surface area contributed by atoms with E-state index in [4.69, 9.17) is 16.6 Å². The van der Waals surface area contributed by atoms with E-state index in [9.17, 15) is 8.42 Å². The molecule has 0 radical (unpaired) electrons. The maximum atomic E-state index is 11.6. The molecule has 144 valence electrons. The first-order valence-electron chi connectivity index (χ1n) is 9.22. The van der Waals surface area contributed by atoms with Crippen LogP contribution in [0.2, 0.25) is 0 Å². The second kappa shape index (κ2) is 7.69. The molecule has 8 heteroatoms. The molecule has 2 aliphatic heterocycles. The van der Waals surface area contributed by atoms with Crippen LogP contribution in [0.4, 0.5) is 0 Å². The van der Waals surface area contributed by atoms with E-state index in [-0.39, 0.29) is 17.4 Å². The average Bonchev–Trinajstić information content (AvgIpc) is 3.18. The lowest BCUT2D eigenvalue weighted by Gasteiger charge is -2.25. The van der Waals surface area contributed by atoms with E-state index in [1.54, 1.807) is 4.68 Å². The van der Waals surface area contributed by atoms with E-state index in [1.807, 2.05) is 6.07 Å². The van der Waals surface area contributed by atoms with Crippen molar-refractivity contribution in [3.05, 3.63) is 52.7 Å². The van der Waals surface area contributed by atoms with Crippen molar-refractivity contribution in [1.29, 1.82) is 0 Å². The smallest absolute Gasteiger partial charge is 0.288 e. The van der Waals surface area contributed by atoms with Gasteiger partial charge in [-0.3, -0.25) is 4.90 Å². The van der Waals surface area contributed by atoms with Crippen LogP contribution in [0.25, 0.3) is 5.57 Å². The van der Waals surface area contributed by atoms with Crippen molar-refractivity contribution in [2.45, 2.75) is 25.9 Å². The topological polar surface area (TPSA) is 68.3 Å². The first-order valence-corrected chi connectivity index (χ1v) is 11.5. The van der Waals surface area contributed by atoms with Gasteiger partial charge >= 0.3 is 0 Å². The Kier molecular flexibility index (Phi) is 5.29. The highest BCUT2D eigenvalue weighted by molar-refractivity contribution is 7.91. The molecule has 1 aromatic heterocycles. The fourth-order valence-corrected chi connectivity index (χ4v) is 5.80. The van der Waals surface area contributed by atoms with Crippen LogP contribution in [0.1, 0.15) is 24.3 Å². The first kappa shape index (κ1) is 18.6. The summed E-state index contributed by atoms with van der Waals surface area (Å²) in [5, 5.41) is 4.48. The highest BCUT2D eigenvalue weighted by Gasteiger charge is 2.29. The van der Waals surface area contributed by atoms with Crippen molar-refractivity contribution in [3.63, 3.8) is 0 Å². The van der Waals surface area contributed by atoms with Gasteiger partial charge in [-0.1, -0.05) is 36.4 Å². The van der Waals surface area contributed by atoms with Gasteiger partial charge in [-0.05, 0) is 42.1 Å². The summed E-state index contributed by atoms with van der Waals surface area (Å²) >= 11 is 5.30. The number of sulfone groups is 1. The van der Waals surface area contributed by atoms with Crippen LogP contribution in [-0.2, 0) is 22.9 Å². The van der Waals surface area contributed by atoms with Crippen molar-refractivity contribution in [3.8, 4) is 0 Å². The lowest BCUT2D eigenvalue weighted by molar-refractivity contribution is 0.223. The van der Waals surface area contributed by atoms with Gasteiger partial charge in [-0.15, -0.1) is 5.10 Å². The molecule has 6 nitrogen and oxygen atoms in total. The zero-order chi connectivity index (χ0) is 18.9. The Hall–Kier alpha value is -1.77. The predicted molar refractivity (Wildman–Crippen MR) is 106 cm³/mol. The summed E-state index contributed by atoms with van der Waals surface area (Å²) in [6, 6.07) is 10.4. The van der Waals surface area contributed by atoms with Crippen molar-refractivity contribution in [2.75, 3.05) is 24.6 Å². The van der Waals surface area contributed by atoms with E-state index in [0.717, 1.165) is 19.5 Å². The van der Waals surface area contributed by atoms with Gasteiger partial charge in [0, 0.05) is 19.5 Å². The largest absolute Gasteiger partial charge is 0.414 e. The zero-order valence-electron chi connectivity index (χ0n) is 15.1. The van der Waals surface area contributed by atoms with Crippen LogP contribution < -0.4 is 0 Å². The van der Waals surface area contributed by atoms with Gasteiger partial charge in [0.1, 0.15) is 0 Å². The highest BCUT2D eigenvalue weighted by atomic mass is 32.2. The molecule has 0 aliphatic carbocycles. The maximum Gasteiger partial charge on any atom is 0.288 e. The van der Waals surface area contributed by atoms with E-state index < -0.39 is 9.84 Å². The Labute approximate surface area is 164 Å². The van der Waals surface area contributed by atoms with Crippen LogP contribution >= 0.6 is 12.2 Å². The van der Waals surface area contributed by atoms with Gasteiger partial charge in [0.05, 0.1) is 18.2 Å². The monoisotopic (exact) mass is 405 g/mol. The zero-order valence-corrected chi connectivity index (χ0v) is 16.7. The number of hydrogen-bond donors (Lipinski definition) is 0. The third kappa shape index (κ3) is 4.56. The molecule has 1 fully saturated rings. The Morgan fingerprint density at radius 1 is 1.26 bits per heavy atom. The SMILES string of the molecule is O=S1(=O)CC[C@H](Cc2nn(CN3CC=C(c4ccccc4)CC3)c(=S)o2)C1. The van der Waals surface area contributed by atoms with Crippen molar-refractivity contribution in [2.24, 2.45) is 5.92 Å². The molecule has 0 amide bonds. The minimum absolute atomic E-state index is 0.0860. The van der Waals surface area contributed by atoms with E-state index in [1.165, 1.54) is 11.1 Å². The lowest BCUT2D eigenvalue weighted by atomic mass is 10.00. The molecule has 3 heterocycles. The fraction of sp³-hybridized carbons (Fsp3) is 0.474. The standard InChI is InChI=1S/C19H23N3O3S2/c23-27(24)11-8-15(13-27)12-18-20-22(19(26)25-18)14-21-9-6-17(7-10-21)16-4-2-1-3-5-16/h1-6,15H,7-14H2/t15-/m1/s1. The molecule has 27 heavy (non-hydrogen) atoms. The van der Waals surface area contributed by atoms with Gasteiger partial charge < -0.3 is 4.42 Å². The predicted octanol–water partition coefficient (Wildman–Crippen LogP) is 2.93. The minimum atomic E-state index is -2.89. The van der Waals surface area contributed by atoms with E-state index in [2.05, 4.69) is 40.3 Å². The van der Waals surface area contributed by atoms with Crippen LogP contribution in [0.15, 0.2) is 40.8 Å². The summed E-state index contributed by atoms with van der Waals surface area (Å²) in [5.74, 6) is 1.12. The average molecular weight is 406 g/mol. The third-order valence-corrected chi connectivity index (χ3v) is 7.34. The van der Waals surface area contributed by atoms with Crippen LogP contribution in [0.3, 0.4) is 0 Å². The molecule has 0 bridgehead atoms. The minimum Gasteiger partial charge on any atom is -0.414 e. The molecule has 2 aliphatic rings. The molecule has 0 saturated carbocycles.